The molecule has 2 nitrogen and oxygen atoms in total. The van der Waals surface area contributed by atoms with Gasteiger partial charge in [-0.2, -0.15) is 0 Å². The summed E-state index contributed by atoms with van der Waals surface area (Å²) < 4.78 is 1.04. The van der Waals surface area contributed by atoms with Crippen molar-refractivity contribution in [1.82, 2.24) is 4.98 Å². The number of hydrogen-bond donors (Lipinski definition) is 1. The Morgan fingerprint density at radius 3 is 3.00 bits per heavy atom. The van der Waals surface area contributed by atoms with Gasteiger partial charge in [0.15, 0.2) is 0 Å². The molecular weight excluding hydrogens is 240 g/mol. The van der Waals surface area contributed by atoms with Gasteiger partial charge in [-0.05, 0) is 46.3 Å². The van der Waals surface area contributed by atoms with E-state index in [1.54, 1.807) is 0 Å². The van der Waals surface area contributed by atoms with E-state index in [0.29, 0.717) is 5.92 Å². The zero-order valence-corrected chi connectivity index (χ0v) is 9.92. The van der Waals surface area contributed by atoms with Gasteiger partial charge in [-0.1, -0.05) is 13.3 Å². The van der Waals surface area contributed by atoms with E-state index in [9.17, 15) is 0 Å². The molecule has 1 aromatic heterocycles. The minimum absolute atomic E-state index is 0.151. The smallest absolute Gasteiger partial charge is 0.0447 e. The van der Waals surface area contributed by atoms with E-state index >= 15 is 0 Å². The summed E-state index contributed by atoms with van der Waals surface area (Å²) in [6.45, 7) is 2.24. The Labute approximate surface area is 93.0 Å². The van der Waals surface area contributed by atoms with Crippen molar-refractivity contribution in [3.8, 4) is 0 Å². The van der Waals surface area contributed by atoms with Gasteiger partial charge in [0.1, 0.15) is 0 Å². The topological polar surface area (TPSA) is 38.9 Å². The third kappa shape index (κ3) is 1.48. The summed E-state index contributed by atoms with van der Waals surface area (Å²) in [6.07, 6.45) is 7.18. The standard InChI is InChI=1S/C11H15BrN2/c1-8-3-2-5-11(8,13)9-4-6-14-7-10(9)12/h4,6-8H,2-3,5,13H2,1H3. The molecule has 14 heavy (non-hydrogen) atoms. The summed E-state index contributed by atoms with van der Waals surface area (Å²) in [5.74, 6) is 0.557. The zero-order valence-electron chi connectivity index (χ0n) is 8.33. The number of aromatic nitrogens is 1. The van der Waals surface area contributed by atoms with Gasteiger partial charge in [0.25, 0.3) is 0 Å². The average Bonchev–Trinajstić information content (AvgIpc) is 2.49. The lowest BCUT2D eigenvalue weighted by atomic mass is 9.83. The Hall–Kier alpha value is -0.410. The van der Waals surface area contributed by atoms with Gasteiger partial charge in [0.2, 0.25) is 0 Å². The number of rotatable bonds is 1. The molecule has 2 N–H and O–H groups in total. The van der Waals surface area contributed by atoms with Crippen molar-refractivity contribution in [1.29, 1.82) is 0 Å². The number of nitrogens with zero attached hydrogens (tertiary/aromatic N) is 1. The third-order valence-electron chi connectivity index (χ3n) is 3.38. The van der Waals surface area contributed by atoms with Crippen LogP contribution in [0.15, 0.2) is 22.9 Å². The number of pyridine rings is 1. The number of nitrogens with two attached hydrogens (primary N) is 1. The van der Waals surface area contributed by atoms with Gasteiger partial charge >= 0.3 is 0 Å². The van der Waals surface area contributed by atoms with Crippen LogP contribution >= 0.6 is 15.9 Å². The van der Waals surface area contributed by atoms with E-state index in [1.165, 1.54) is 18.4 Å². The lowest BCUT2D eigenvalue weighted by Crippen LogP contribution is -2.39. The van der Waals surface area contributed by atoms with Crippen LogP contribution in [0.1, 0.15) is 31.7 Å². The molecule has 0 radical (unpaired) electrons. The fourth-order valence-corrected chi connectivity index (χ4v) is 2.98. The second-order valence-corrected chi connectivity index (χ2v) is 5.04. The van der Waals surface area contributed by atoms with E-state index in [2.05, 4.69) is 27.8 Å². The fraction of sp³-hybridized carbons (Fsp3) is 0.545. The van der Waals surface area contributed by atoms with Gasteiger partial charge in [-0.3, -0.25) is 4.98 Å². The first-order chi connectivity index (χ1) is 6.64. The maximum atomic E-state index is 6.47. The molecule has 0 aliphatic heterocycles. The summed E-state index contributed by atoms with van der Waals surface area (Å²) in [7, 11) is 0. The molecule has 1 heterocycles. The van der Waals surface area contributed by atoms with E-state index in [1.807, 2.05) is 18.5 Å². The van der Waals surface area contributed by atoms with Crippen LogP contribution in [-0.2, 0) is 5.54 Å². The van der Waals surface area contributed by atoms with Gasteiger partial charge < -0.3 is 5.73 Å². The highest BCUT2D eigenvalue weighted by Crippen LogP contribution is 2.43. The first kappa shape index (κ1) is 10.1. The Balaban J connectivity index is 2.43. The van der Waals surface area contributed by atoms with Gasteiger partial charge in [-0.25, -0.2) is 0 Å². The predicted octanol–water partition coefficient (Wildman–Crippen LogP) is 2.82. The average molecular weight is 255 g/mol. The molecule has 0 amide bonds. The minimum Gasteiger partial charge on any atom is -0.321 e. The second-order valence-electron chi connectivity index (χ2n) is 4.19. The van der Waals surface area contributed by atoms with Crippen molar-refractivity contribution in [2.24, 2.45) is 11.7 Å². The van der Waals surface area contributed by atoms with Crippen molar-refractivity contribution in [3.63, 3.8) is 0 Å². The van der Waals surface area contributed by atoms with Crippen molar-refractivity contribution in [3.05, 3.63) is 28.5 Å². The first-order valence-electron chi connectivity index (χ1n) is 5.03. The fourth-order valence-electron chi connectivity index (χ4n) is 2.36. The Kier molecular flexibility index (Phi) is 2.62. The van der Waals surface area contributed by atoms with Crippen LogP contribution in [0.3, 0.4) is 0 Å². The quantitative estimate of drug-likeness (QED) is 0.838. The second kappa shape index (κ2) is 3.63. The largest absolute Gasteiger partial charge is 0.321 e. The van der Waals surface area contributed by atoms with E-state index in [4.69, 9.17) is 5.73 Å². The summed E-state index contributed by atoms with van der Waals surface area (Å²) in [4.78, 5) is 4.07. The lowest BCUT2D eigenvalue weighted by Gasteiger charge is -2.30. The highest BCUT2D eigenvalue weighted by atomic mass is 79.9. The zero-order chi connectivity index (χ0) is 10.2. The summed E-state index contributed by atoms with van der Waals surface area (Å²) in [5.41, 5.74) is 7.52. The van der Waals surface area contributed by atoms with Crippen molar-refractivity contribution < 1.29 is 0 Å². The van der Waals surface area contributed by atoms with Crippen LogP contribution in [0.4, 0.5) is 0 Å². The Morgan fingerprint density at radius 2 is 2.43 bits per heavy atom. The molecule has 2 unspecified atom stereocenters. The van der Waals surface area contributed by atoms with Crippen LogP contribution < -0.4 is 5.73 Å². The summed E-state index contributed by atoms with van der Waals surface area (Å²) >= 11 is 3.53. The van der Waals surface area contributed by atoms with Crippen molar-refractivity contribution >= 4 is 15.9 Å². The van der Waals surface area contributed by atoms with Gasteiger partial charge in [0, 0.05) is 22.4 Å². The third-order valence-corrected chi connectivity index (χ3v) is 4.01. The molecule has 0 spiro atoms. The molecule has 1 aromatic rings. The lowest BCUT2D eigenvalue weighted by molar-refractivity contribution is 0.347. The Morgan fingerprint density at radius 1 is 1.64 bits per heavy atom. The molecule has 2 rings (SSSR count). The summed E-state index contributed by atoms with van der Waals surface area (Å²) in [6, 6.07) is 2.03. The number of hydrogen-bond acceptors (Lipinski definition) is 2. The molecule has 1 saturated carbocycles. The highest BCUT2D eigenvalue weighted by molar-refractivity contribution is 9.10. The highest BCUT2D eigenvalue weighted by Gasteiger charge is 2.39. The van der Waals surface area contributed by atoms with Crippen molar-refractivity contribution in [2.75, 3.05) is 0 Å². The maximum Gasteiger partial charge on any atom is 0.0447 e. The summed E-state index contributed by atoms with van der Waals surface area (Å²) in [5, 5.41) is 0. The SMILES string of the molecule is CC1CCCC1(N)c1ccncc1Br. The van der Waals surface area contributed by atoms with Crippen molar-refractivity contribution in [2.45, 2.75) is 31.7 Å². The minimum atomic E-state index is -0.151. The van der Waals surface area contributed by atoms with E-state index in [0.717, 1.165) is 10.9 Å². The molecule has 0 aromatic carbocycles. The predicted molar refractivity (Wildman–Crippen MR) is 60.8 cm³/mol. The Bertz CT molecular complexity index is 340. The molecule has 3 heteroatoms. The molecular formula is C11H15BrN2. The van der Waals surface area contributed by atoms with Crippen LogP contribution in [0.5, 0.6) is 0 Å². The molecule has 76 valence electrons. The van der Waals surface area contributed by atoms with Gasteiger partial charge in [-0.15, -0.1) is 0 Å². The van der Waals surface area contributed by atoms with Gasteiger partial charge in [0.05, 0.1) is 0 Å². The molecule has 1 fully saturated rings. The van der Waals surface area contributed by atoms with Crippen LogP contribution in [0.2, 0.25) is 0 Å². The number of halogens is 1. The van der Waals surface area contributed by atoms with Crippen LogP contribution in [0, 0.1) is 5.92 Å². The van der Waals surface area contributed by atoms with E-state index < -0.39 is 0 Å². The molecule has 1 aliphatic rings. The molecule has 0 bridgehead atoms. The molecule has 2 atom stereocenters. The normalized spacial score (nSPS) is 32.1. The molecule has 1 aliphatic carbocycles. The van der Waals surface area contributed by atoms with E-state index in [-0.39, 0.29) is 5.54 Å². The first-order valence-corrected chi connectivity index (χ1v) is 5.83. The van der Waals surface area contributed by atoms with Crippen LogP contribution in [-0.4, -0.2) is 4.98 Å². The maximum absolute atomic E-state index is 6.47. The monoisotopic (exact) mass is 254 g/mol. The van der Waals surface area contributed by atoms with Crippen LogP contribution in [0.25, 0.3) is 0 Å². The molecule has 0 saturated heterocycles.